The predicted molar refractivity (Wildman–Crippen MR) is 60.8 cm³/mol. The first-order valence-electron chi connectivity index (χ1n) is 5.20. The van der Waals surface area contributed by atoms with Crippen molar-refractivity contribution in [3.05, 3.63) is 41.8 Å². The summed E-state index contributed by atoms with van der Waals surface area (Å²) in [6.07, 6.45) is 1.69. The summed E-state index contributed by atoms with van der Waals surface area (Å²) in [6.45, 7) is 6.29. The fourth-order valence-corrected chi connectivity index (χ4v) is 1.67. The predicted octanol–water partition coefficient (Wildman–Crippen LogP) is 3.77. The van der Waals surface area contributed by atoms with Crippen LogP contribution in [0.25, 0.3) is 11.5 Å². The first kappa shape index (κ1) is 9.97. The van der Waals surface area contributed by atoms with Crippen LogP contribution in [-0.2, 0) is 0 Å². The molecule has 0 radical (unpaired) electrons. The number of benzene rings is 1. The van der Waals surface area contributed by atoms with E-state index in [1.54, 1.807) is 6.26 Å². The van der Waals surface area contributed by atoms with E-state index in [0.717, 1.165) is 17.1 Å². The summed E-state index contributed by atoms with van der Waals surface area (Å²) < 4.78 is 5.43. The van der Waals surface area contributed by atoms with Gasteiger partial charge in [0.25, 0.3) is 0 Å². The number of hydrogen-bond acceptors (Lipinski definition) is 2. The van der Waals surface area contributed by atoms with Crippen molar-refractivity contribution in [3.8, 4) is 11.5 Å². The molecule has 0 aliphatic carbocycles. The van der Waals surface area contributed by atoms with Gasteiger partial charge >= 0.3 is 0 Å². The van der Waals surface area contributed by atoms with Crippen molar-refractivity contribution in [2.75, 3.05) is 0 Å². The Kier molecular flexibility index (Phi) is 2.58. The molecule has 0 N–H and O–H groups in total. The minimum absolute atomic E-state index is 0.480. The second kappa shape index (κ2) is 3.89. The van der Waals surface area contributed by atoms with Crippen molar-refractivity contribution < 1.29 is 4.42 Å². The molecule has 0 aliphatic rings. The standard InChI is InChI=1S/C13H15NO/c1-9(2)11-6-4-5-7-12(11)13-14-10(3)8-15-13/h4-9H,1-3H3. The maximum absolute atomic E-state index is 5.43. The molecule has 2 heteroatoms. The van der Waals surface area contributed by atoms with E-state index in [4.69, 9.17) is 4.42 Å². The van der Waals surface area contributed by atoms with E-state index in [0.29, 0.717) is 5.92 Å². The Morgan fingerprint density at radius 1 is 1.20 bits per heavy atom. The van der Waals surface area contributed by atoms with E-state index in [1.807, 2.05) is 13.0 Å². The van der Waals surface area contributed by atoms with Gasteiger partial charge in [0, 0.05) is 5.56 Å². The first-order valence-corrected chi connectivity index (χ1v) is 5.20. The van der Waals surface area contributed by atoms with Gasteiger partial charge in [-0.05, 0) is 24.5 Å². The Morgan fingerprint density at radius 3 is 2.53 bits per heavy atom. The molecule has 1 heterocycles. The minimum Gasteiger partial charge on any atom is -0.444 e. The first-order chi connectivity index (χ1) is 7.18. The molecule has 2 nitrogen and oxygen atoms in total. The highest BCUT2D eigenvalue weighted by molar-refractivity contribution is 5.59. The van der Waals surface area contributed by atoms with Crippen molar-refractivity contribution in [2.45, 2.75) is 26.7 Å². The highest BCUT2D eigenvalue weighted by Gasteiger charge is 2.11. The van der Waals surface area contributed by atoms with Crippen LogP contribution in [0.4, 0.5) is 0 Å². The lowest BCUT2D eigenvalue weighted by atomic mass is 9.97. The minimum atomic E-state index is 0.480. The molecular weight excluding hydrogens is 186 g/mol. The zero-order valence-electron chi connectivity index (χ0n) is 9.32. The van der Waals surface area contributed by atoms with E-state index < -0.39 is 0 Å². The molecule has 0 amide bonds. The fraction of sp³-hybridized carbons (Fsp3) is 0.308. The summed E-state index contributed by atoms with van der Waals surface area (Å²) >= 11 is 0. The van der Waals surface area contributed by atoms with Crippen LogP contribution in [-0.4, -0.2) is 4.98 Å². The van der Waals surface area contributed by atoms with Crippen molar-refractivity contribution in [1.29, 1.82) is 0 Å². The Labute approximate surface area is 90.0 Å². The molecule has 0 saturated carbocycles. The normalized spacial score (nSPS) is 10.9. The Hall–Kier alpha value is -1.57. The van der Waals surface area contributed by atoms with Crippen LogP contribution in [0.1, 0.15) is 31.0 Å². The molecule has 0 aliphatic heterocycles. The van der Waals surface area contributed by atoms with E-state index >= 15 is 0 Å². The smallest absolute Gasteiger partial charge is 0.226 e. The molecular formula is C13H15NO. The molecule has 2 aromatic rings. The number of aromatic nitrogens is 1. The van der Waals surface area contributed by atoms with E-state index in [2.05, 4.69) is 37.0 Å². The van der Waals surface area contributed by atoms with Crippen LogP contribution in [0.15, 0.2) is 34.9 Å². The van der Waals surface area contributed by atoms with Gasteiger partial charge in [-0.3, -0.25) is 0 Å². The Morgan fingerprint density at radius 2 is 1.93 bits per heavy atom. The lowest BCUT2D eigenvalue weighted by Crippen LogP contribution is -1.91. The second-order valence-electron chi connectivity index (χ2n) is 4.04. The van der Waals surface area contributed by atoms with E-state index in [-0.39, 0.29) is 0 Å². The van der Waals surface area contributed by atoms with Gasteiger partial charge in [0.1, 0.15) is 6.26 Å². The van der Waals surface area contributed by atoms with Crippen LogP contribution in [0.2, 0.25) is 0 Å². The third-order valence-electron chi connectivity index (χ3n) is 2.43. The van der Waals surface area contributed by atoms with Gasteiger partial charge in [0.2, 0.25) is 5.89 Å². The summed E-state index contributed by atoms with van der Waals surface area (Å²) in [5, 5.41) is 0. The van der Waals surface area contributed by atoms with Crippen molar-refractivity contribution in [2.24, 2.45) is 0 Å². The van der Waals surface area contributed by atoms with Gasteiger partial charge in [-0.1, -0.05) is 32.0 Å². The zero-order chi connectivity index (χ0) is 10.8. The molecule has 1 aromatic heterocycles. The summed E-state index contributed by atoms with van der Waals surface area (Å²) in [5.74, 6) is 1.20. The third kappa shape index (κ3) is 1.94. The monoisotopic (exact) mass is 201 g/mol. The van der Waals surface area contributed by atoms with Crippen molar-refractivity contribution in [1.82, 2.24) is 4.98 Å². The quantitative estimate of drug-likeness (QED) is 0.739. The SMILES string of the molecule is Cc1coc(-c2ccccc2C(C)C)n1. The van der Waals surface area contributed by atoms with E-state index in [9.17, 15) is 0 Å². The molecule has 0 atom stereocenters. The van der Waals surface area contributed by atoms with Crippen LogP contribution in [0.5, 0.6) is 0 Å². The number of hydrogen-bond donors (Lipinski definition) is 0. The molecule has 15 heavy (non-hydrogen) atoms. The number of nitrogens with zero attached hydrogens (tertiary/aromatic N) is 1. The summed E-state index contributed by atoms with van der Waals surface area (Å²) in [6, 6.07) is 8.25. The van der Waals surface area contributed by atoms with Gasteiger partial charge in [-0.25, -0.2) is 4.98 Å². The summed E-state index contributed by atoms with van der Waals surface area (Å²) in [5.41, 5.74) is 3.29. The molecule has 0 bridgehead atoms. The Balaban J connectivity index is 2.52. The molecule has 0 fully saturated rings. The van der Waals surface area contributed by atoms with Crippen LogP contribution < -0.4 is 0 Å². The third-order valence-corrected chi connectivity index (χ3v) is 2.43. The van der Waals surface area contributed by atoms with Gasteiger partial charge in [-0.15, -0.1) is 0 Å². The summed E-state index contributed by atoms with van der Waals surface area (Å²) in [7, 11) is 0. The number of aryl methyl sites for hydroxylation is 1. The highest BCUT2D eigenvalue weighted by Crippen LogP contribution is 2.28. The molecule has 2 rings (SSSR count). The molecule has 78 valence electrons. The van der Waals surface area contributed by atoms with Gasteiger partial charge in [-0.2, -0.15) is 0 Å². The molecule has 0 saturated heterocycles. The molecule has 0 spiro atoms. The lowest BCUT2D eigenvalue weighted by Gasteiger charge is -2.09. The second-order valence-corrected chi connectivity index (χ2v) is 4.04. The fourth-order valence-electron chi connectivity index (χ4n) is 1.67. The number of rotatable bonds is 2. The van der Waals surface area contributed by atoms with Crippen LogP contribution in [0, 0.1) is 6.92 Å². The Bertz CT molecular complexity index is 457. The average molecular weight is 201 g/mol. The average Bonchev–Trinajstić information content (AvgIpc) is 2.65. The van der Waals surface area contributed by atoms with Gasteiger partial charge in [0.05, 0.1) is 5.69 Å². The summed E-state index contributed by atoms with van der Waals surface area (Å²) in [4.78, 5) is 4.36. The van der Waals surface area contributed by atoms with Crippen molar-refractivity contribution >= 4 is 0 Å². The lowest BCUT2D eigenvalue weighted by molar-refractivity contribution is 0.572. The van der Waals surface area contributed by atoms with Gasteiger partial charge in [0.15, 0.2) is 0 Å². The molecule has 1 aromatic carbocycles. The van der Waals surface area contributed by atoms with Crippen LogP contribution >= 0.6 is 0 Å². The maximum Gasteiger partial charge on any atom is 0.226 e. The van der Waals surface area contributed by atoms with E-state index in [1.165, 1.54) is 5.56 Å². The largest absolute Gasteiger partial charge is 0.444 e. The maximum atomic E-state index is 5.43. The van der Waals surface area contributed by atoms with Gasteiger partial charge < -0.3 is 4.42 Å². The van der Waals surface area contributed by atoms with Crippen molar-refractivity contribution in [3.63, 3.8) is 0 Å². The number of oxazole rings is 1. The molecule has 0 unspecified atom stereocenters. The highest BCUT2D eigenvalue weighted by atomic mass is 16.3. The van der Waals surface area contributed by atoms with Crippen LogP contribution in [0.3, 0.4) is 0 Å². The zero-order valence-corrected chi connectivity index (χ0v) is 9.32. The topological polar surface area (TPSA) is 26.0 Å².